The van der Waals surface area contributed by atoms with Gasteiger partial charge in [0.25, 0.3) is 0 Å². The first-order valence-corrected chi connectivity index (χ1v) is 5.84. The second-order valence-electron chi connectivity index (χ2n) is 4.24. The van der Waals surface area contributed by atoms with E-state index in [0.29, 0.717) is 26.2 Å². The van der Waals surface area contributed by atoms with E-state index >= 15 is 0 Å². The number of hydrogen-bond donors (Lipinski definition) is 2. The predicted octanol–water partition coefficient (Wildman–Crippen LogP) is 1.04. The highest BCUT2D eigenvalue weighted by atomic mass is 19.2. The minimum absolute atomic E-state index is 0.389. The molecule has 1 aliphatic rings. The molecule has 3 nitrogen and oxygen atoms in total. The van der Waals surface area contributed by atoms with Crippen LogP contribution in [0.2, 0.25) is 0 Å². The Morgan fingerprint density at radius 1 is 1.17 bits per heavy atom. The lowest BCUT2D eigenvalue weighted by Crippen LogP contribution is -2.46. The molecule has 0 amide bonds. The minimum Gasteiger partial charge on any atom is -0.394 e. The van der Waals surface area contributed by atoms with Crippen molar-refractivity contribution in [1.29, 1.82) is 0 Å². The fraction of sp³-hybridized carbons (Fsp3) is 0.500. The van der Waals surface area contributed by atoms with Crippen LogP contribution in [0.4, 0.5) is 13.2 Å². The Bertz CT molecular complexity index is 422. The predicted molar refractivity (Wildman–Crippen MR) is 60.6 cm³/mol. The molecule has 6 heteroatoms. The second kappa shape index (κ2) is 5.69. The smallest absolute Gasteiger partial charge is 0.166 e. The van der Waals surface area contributed by atoms with Crippen molar-refractivity contribution in [3.8, 4) is 0 Å². The second-order valence-corrected chi connectivity index (χ2v) is 4.24. The molecule has 100 valence electrons. The summed E-state index contributed by atoms with van der Waals surface area (Å²) >= 11 is 0. The fourth-order valence-electron chi connectivity index (χ4n) is 2.23. The van der Waals surface area contributed by atoms with Crippen LogP contribution in [-0.2, 0) is 0 Å². The number of piperazine rings is 1. The molecule has 1 heterocycles. The van der Waals surface area contributed by atoms with E-state index in [9.17, 15) is 18.3 Å². The monoisotopic (exact) mass is 260 g/mol. The summed E-state index contributed by atoms with van der Waals surface area (Å²) in [5, 5.41) is 12.5. The Morgan fingerprint density at radius 2 is 1.78 bits per heavy atom. The highest BCUT2D eigenvalue weighted by Gasteiger charge is 2.28. The van der Waals surface area contributed by atoms with Gasteiger partial charge in [0.15, 0.2) is 11.6 Å². The molecule has 1 aromatic carbocycles. The van der Waals surface area contributed by atoms with Crippen molar-refractivity contribution in [3.05, 3.63) is 35.1 Å². The lowest BCUT2D eigenvalue weighted by molar-refractivity contribution is 0.105. The van der Waals surface area contributed by atoms with Gasteiger partial charge in [0.1, 0.15) is 5.82 Å². The quantitative estimate of drug-likeness (QED) is 0.797. The average Bonchev–Trinajstić information content (AvgIpc) is 2.40. The van der Waals surface area contributed by atoms with Gasteiger partial charge >= 0.3 is 0 Å². The van der Waals surface area contributed by atoms with Crippen LogP contribution in [0.5, 0.6) is 0 Å². The van der Waals surface area contributed by atoms with E-state index < -0.39 is 30.1 Å². The van der Waals surface area contributed by atoms with Crippen molar-refractivity contribution >= 4 is 0 Å². The standard InChI is InChI=1S/C12H15F3N2O/c13-8-1-2-9(14)12(15)11(8)10(7-18)17-5-3-16-4-6-17/h1-2,10,16,18H,3-7H2/t10-/m1/s1. The molecule has 0 aliphatic carbocycles. The number of rotatable bonds is 3. The SMILES string of the molecule is OC[C@H](c1c(F)ccc(F)c1F)N1CCNCC1. The Hall–Kier alpha value is -1.11. The normalized spacial score (nSPS) is 18.9. The van der Waals surface area contributed by atoms with Crippen molar-refractivity contribution in [2.24, 2.45) is 0 Å². The van der Waals surface area contributed by atoms with Gasteiger partial charge in [0.2, 0.25) is 0 Å². The van der Waals surface area contributed by atoms with Crippen molar-refractivity contribution in [3.63, 3.8) is 0 Å². The molecule has 1 aromatic rings. The third-order valence-corrected chi connectivity index (χ3v) is 3.18. The lowest BCUT2D eigenvalue weighted by Gasteiger charge is -2.34. The molecule has 0 radical (unpaired) electrons. The first kappa shape index (κ1) is 13.3. The molecule has 2 rings (SSSR count). The van der Waals surface area contributed by atoms with Crippen LogP contribution < -0.4 is 5.32 Å². The first-order valence-electron chi connectivity index (χ1n) is 5.84. The molecule has 18 heavy (non-hydrogen) atoms. The Morgan fingerprint density at radius 3 is 2.39 bits per heavy atom. The molecule has 1 aliphatic heterocycles. The highest BCUT2D eigenvalue weighted by Crippen LogP contribution is 2.27. The third kappa shape index (κ3) is 2.50. The maximum atomic E-state index is 13.7. The van der Waals surface area contributed by atoms with E-state index in [2.05, 4.69) is 5.32 Å². The highest BCUT2D eigenvalue weighted by molar-refractivity contribution is 5.25. The van der Waals surface area contributed by atoms with Gasteiger partial charge in [-0.1, -0.05) is 0 Å². The van der Waals surface area contributed by atoms with E-state index in [1.165, 1.54) is 0 Å². The Kier molecular flexibility index (Phi) is 4.21. The van der Waals surface area contributed by atoms with Crippen LogP contribution >= 0.6 is 0 Å². The molecule has 0 unspecified atom stereocenters. The van der Waals surface area contributed by atoms with Crippen molar-refractivity contribution in [2.75, 3.05) is 32.8 Å². The largest absolute Gasteiger partial charge is 0.394 e. The molecule has 2 N–H and O–H groups in total. The molecule has 0 bridgehead atoms. The lowest BCUT2D eigenvalue weighted by atomic mass is 10.0. The maximum absolute atomic E-state index is 13.7. The van der Waals surface area contributed by atoms with Gasteiger partial charge < -0.3 is 10.4 Å². The van der Waals surface area contributed by atoms with Gasteiger partial charge in [-0.3, -0.25) is 4.90 Å². The van der Waals surface area contributed by atoms with Crippen molar-refractivity contribution in [2.45, 2.75) is 6.04 Å². The van der Waals surface area contributed by atoms with Gasteiger partial charge in [0.05, 0.1) is 12.6 Å². The van der Waals surface area contributed by atoms with Crippen LogP contribution in [0.25, 0.3) is 0 Å². The number of aliphatic hydroxyl groups excluding tert-OH is 1. The van der Waals surface area contributed by atoms with Crippen LogP contribution in [0, 0.1) is 17.5 Å². The van der Waals surface area contributed by atoms with Crippen LogP contribution in [-0.4, -0.2) is 42.8 Å². The Balaban J connectivity index is 2.34. The average molecular weight is 260 g/mol. The summed E-state index contributed by atoms with van der Waals surface area (Å²) in [7, 11) is 0. The van der Waals surface area contributed by atoms with E-state index in [0.717, 1.165) is 12.1 Å². The summed E-state index contributed by atoms with van der Waals surface area (Å²) in [6.07, 6.45) is 0. The molecule has 1 saturated heterocycles. The first-order chi connectivity index (χ1) is 8.65. The number of benzene rings is 1. The summed E-state index contributed by atoms with van der Waals surface area (Å²) < 4.78 is 40.5. The third-order valence-electron chi connectivity index (χ3n) is 3.18. The molecule has 1 atom stereocenters. The van der Waals surface area contributed by atoms with E-state index in [1.807, 2.05) is 0 Å². The van der Waals surface area contributed by atoms with Gasteiger partial charge in [0, 0.05) is 31.7 Å². The minimum atomic E-state index is -1.22. The van der Waals surface area contributed by atoms with Gasteiger partial charge in [-0.05, 0) is 12.1 Å². The Labute approximate surface area is 103 Å². The fourth-order valence-corrected chi connectivity index (χ4v) is 2.23. The van der Waals surface area contributed by atoms with E-state index in [-0.39, 0.29) is 5.56 Å². The van der Waals surface area contributed by atoms with Crippen molar-refractivity contribution < 1.29 is 18.3 Å². The number of hydrogen-bond acceptors (Lipinski definition) is 3. The van der Waals surface area contributed by atoms with Crippen LogP contribution in [0.1, 0.15) is 11.6 Å². The zero-order chi connectivity index (χ0) is 13.1. The maximum Gasteiger partial charge on any atom is 0.166 e. The summed E-state index contributed by atoms with van der Waals surface area (Å²) in [5.74, 6) is -3.14. The summed E-state index contributed by atoms with van der Waals surface area (Å²) in [4.78, 5) is 1.75. The zero-order valence-corrected chi connectivity index (χ0v) is 9.80. The van der Waals surface area contributed by atoms with E-state index in [4.69, 9.17) is 0 Å². The van der Waals surface area contributed by atoms with Crippen molar-refractivity contribution in [1.82, 2.24) is 10.2 Å². The molecule has 0 spiro atoms. The van der Waals surface area contributed by atoms with Gasteiger partial charge in [-0.25, -0.2) is 13.2 Å². The van der Waals surface area contributed by atoms with Crippen LogP contribution in [0.15, 0.2) is 12.1 Å². The molecule has 0 aromatic heterocycles. The number of aliphatic hydroxyl groups is 1. The number of nitrogens with one attached hydrogen (secondary N) is 1. The van der Waals surface area contributed by atoms with Crippen LogP contribution in [0.3, 0.4) is 0 Å². The molecular weight excluding hydrogens is 245 g/mol. The zero-order valence-electron chi connectivity index (χ0n) is 9.80. The summed E-state index contributed by atoms with van der Waals surface area (Å²) in [6.45, 7) is 2.02. The summed E-state index contributed by atoms with van der Waals surface area (Å²) in [6, 6.07) is 0.793. The number of halogens is 3. The molecule has 1 fully saturated rings. The van der Waals surface area contributed by atoms with Gasteiger partial charge in [-0.15, -0.1) is 0 Å². The molecule has 0 saturated carbocycles. The summed E-state index contributed by atoms with van der Waals surface area (Å²) in [5.41, 5.74) is -0.389. The van der Waals surface area contributed by atoms with Gasteiger partial charge in [-0.2, -0.15) is 0 Å². The molecular formula is C12H15F3N2O. The van der Waals surface area contributed by atoms with E-state index in [1.54, 1.807) is 4.90 Å². The topological polar surface area (TPSA) is 35.5 Å². The number of nitrogens with zero attached hydrogens (tertiary/aromatic N) is 1.